The van der Waals surface area contributed by atoms with Crippen molar-refractivity contribution < 1.29 is 19.1 Å². The lowest BCUT2D eigenvalue weighted by Crippen LogP contribution is -2.27. The van der Waals surface area contributed by atoms with Crippen molar-refractivity contribution >= 4 is 34.0 Å². The largest absolute Gasteiger partial charge is 0.497 e. The molecule has 0 bridgehead atoms. The van der Waals surface area contributed by atoms with Gasteiger partial charge in [-0.3, -0.25) is 9.59 Å². The summed E-state index contributed by atoms with van der Waals surface area (Å²) in [5.74, 6) is 0.797. The van der Waals surface area contributed by atoms with Crippen LogP contribution in [-0.4, -0.2) is 31.0 Å². The van der Waals surface area contributed by atoms with Gasteiger partial charge in [0.25, 0.3) is 0 Å². The van der Waals surface area contributed by atoms with Crippen molar-refractivity contribution in [3.05, 3.63) is 29.3 Å². The maximum absolute atomic E-state index is 12.3. The van der Waals surface area contributed by atoms with Crippen molar-refractivity contribution in [2.75, 3.05) is 24.9 Å². The molecule has 8 heteroatoms. The molecule has 0 aliphatic heterocycles. The Morgan fingerprint density at radius 1 is 1.15 bits per heavy atom. The first-order valence-corrected chi connectivity index (χ1v) is 8.88. The van der Waals surface area contributed by atoms with E-state index < -0.39 is 5.41 Å². The summed E-state index contributed by atoms with van der Waals surface area (Å²) in [5, 5.41) is 7.79. The lowest BCUT2D eigenvalue weighted by Gasteiger charge is -2.15. The van der Waals surface area contributed by atoms with Crippen LogP contribution in [0, 0.1) is 5.41 Å². The molecule has 0 saturated heterocycles. The Morgan fingerprint density at radius 2 is 1.88 bits per heavy atom. The molecule has 0 aliphatic rings. The monoisotopic (exact) mass is 377 g/mol. The number of hydrogen-bond acceptors (Lipinski definition) is 6. The molecule has 7 nitrogen and oxygen atoms in total. The number of hydrogen-bond donors (Lipinski definition) is 2. The van der Waals surface area contributed by atoms with Crippen LogP contribution in [0.2, 0.25) is 0 Å². The van der Waals surface area contributed by atoms with Gasteiger partial charge in [-0.1, -0.05) is 20.8 Å². The van der Waals surface area contributed by atoms with Crippen LogP contribution in [0.1, 0.15) is 26.5 Å². The SMILES string of the molecule is COc1ccc(NC(=O)Cc2csc(NC(=O)C(C)(C)C)n2)c(OC)c1. The van der Waals surface area contributed by atoms with Gasteiger partial charge in [0.05, 0.1) is 32.0 Å². The van der Waals surface area contributed by atoms with Crippen LogP contribution in [-0.2, 0) is 16.0 Å². The van der Waals surface area contributed by atoms with E-state index >= 15 is 0 Å². The van der Waals surface area contributed by atoms with E-state index in [9.17, 15) is 9.59 Å². The molecule has 0 unspecified atom stereocenters. The van der Waals surface area contributed by atoms with Crippen LogP contribution >= 0.6 is 11.3 Å². The maximum atomic E-state index is 12.3. The Bertz CT molecular complexity index is 796. The van der Waals surface area contributed by atoms with Crippen LogP contribution in [0.4, 0.5) is 10.8 Å². The van der Waals surface area contributed by atoms with E-state index in [-0.39, 0.29) is 18.2 Å². The van der Waals surface area contributed by atoms with Gasteiger partial charge in [0.2, 0.25) is 11.8 Å². The molecule has 26 heavy (non-hydrogen) atoms. The predicted octanol–water partition coefficient (Wildman–Crippen LogP) is 3.33. The summed E-state index contributed by atoms with van der Waals surface area (Å²) in [6, 6.07) is 5.14. The Morgan fingerprint density at radius 3 is 2.50 bits per heavy atom. The van der Waals surface area contributed by atoms with Gasteiger partial charge < -0.3 is 20.1 Å². The number of benzene rings is 1. The van der Waals surface area contributed by atoms with Crippen LogP contribution in [0.15, 0.2) is 23.6 Å². The number of amides is 2. The van der Waals surface area contributed by atoms with Crippen molar-refractivity contribution in [1.29, 1.82) is 0 Å². The second-order valence-electron chi connectivity index (χ2n) is 6.64. The van der Waals surface area contributed by atoms with Gasteiger partial charge in [-0.2, -0.15) is 0 Å². The molecule has 1 aromatic carbocycles. The van der Waals surface area contributed by atoms with Gasteiger partial charge in [-0.05, 0) is 12.1 Å². The van der Waals surface area contributed by atoms with Crippen LogP contribution in [0.5, 0.6) is 11.5 Å². The number of aromatic nitrogens is 1. The number of thiazole rings is 1. The van der Waals surface area contributed by atoms with Gasteiger partial charge in [0.15, 0.2) is 5.13 Å². The Hall–Kier alpha value is -2.61. The lowest BCUT2D eigenvalue weighted by atomic mass is 9.96. The van der Waals surface area contributed by atoms with Crippen molar-refractivity contribution in [3.63, 3.8) is 0 Å². The fraction of sp³-hybridized carbons (Fsp3) is 0.389. The average molecular weight is 377 g/mol. The molecule has 0 atom stereocenters. The molecule has 2 rings (SSSR count). The molecule has 140 valence electrons. The van der Waals surface area contributed by atoms with Gasteiger partial charge in [-0.25, -0.2) is 4.98 Å². The summed E-state index contributed by atoms with van der Waals surface area (Å²) in [7, 11) is 3.08. The molecule has 1 heterocycles. The molecule has 0 radical (unpaired) electrons. The van der Waals surface area contributed by atoms with Gasteiger partial charge >= 0.3 is 0 Å². The molecule has 0 spiro atoms. The highest BCUT2D eigenvalue weighted by Gasteiger charge is 2.22. The highest BCUT2D eigenvalue weighted by atomic mass is 32.1. The number of nitrogens with zero attached hydrogens (tertiary/aromatic N) is 1. The third-order valence-corrected chi connectivity index (χ3v) is 4.28. The number of methoxy groups -OCH3 is 2. The Labute approximate surface area is 156 Å². The standard InChI is InChI=1S/C18H23N3O4S/c1-18(2,3)16(23)21-17-19-11(10-26-17)8-15(22)20-13-7-6-12(24-4)9-14(13)25-5/h6-7,9-10H,8H2,1-5H3,(H,20,22)(H,19,21,23). The second-order valence-corrected chi connectivity index (χ2v) is 7.50. The lowest BCUT2D eigenvalue weighted by molar-refractivity contribution is -0.123. The minimum Gasteiger partial charge on any atom is -0.497 e. The van der Waals surface area contributed by atoms with E-state index in [1.54, 1.807) is 30.7 Å². The summed E-state index contributed by atoms with van der Waals surface area (Å²) < 4.78 is 10.4. The zero-order valence-corrected chi connectivity index (χ0v) is 16.3. The maximum Gasteiger partial charge on any atom is 0.231 e. The molecular weight excluding hydrogens is 354 g/mol. The fourth-order valence-electron chi connectivity index (χ4n) is 1.99. The topological polar surface area (TPSA) is 89.6 Å². The van der Waals surface area contributed by atoms with Gasteiger partial charge in [0, 0.05) is 16.9 Å². The zero-order chi connectivity index (χ0) is 19.3. The quantitative estimate of drug-likeness (QED) is 0.806. The van der Waals surface area contributed by atoms with Crippen molar-refractivity contribution in [2.45, 2.75) is 27.2 Å². The molecular formula is C18H23N3O4S. The van der Waals surface area contributed by atoms with Crippen LogP contribution in [0.25, 0.3) is 0 Å². The van der Waals surface area contributed by atoms with Gasteiger partial charge in [0.1, 0.15) is 11.5 Å². The number of nitrogens with one attached hydrogen (secondary N) is 2. The van der Waals surface area contributed by atoms with Crippen LogP contribution < -0.4 is 20.1 Å². The van der Waals surface area contributed by atoms with E-state index in [2.05, 4.69) is 15.6 Å². The van der Waals surface area contributed by atoms with Crippen molar-refractivity contribution in [2.24, 2.45) is 5.41 Å². The fourth-order valence-corrected chi connectivity index (χ4v) is 2.70. The predicted molar refractivity (Wildman–Crippen MR) is 102 cm³/mol. The molecule has 0 saturated carbocycles. The molecule has 1 aromatic heterocycles. The minimum atomic E-state index is -0.506. The summed E-state index contributed by atoms with van der Waals surface area (Å²) >= 11 is 1.29. The molecule has 2 amide bonds. The van der Waals surface area contributed by atoms with E-state index in [1.807, 2.05) is 20.8 Å². The number of anilines is 2. The summed E-state index contributed by atoms with van der Waals surface area (Å²) in [4.78, 5) is 28.5. The smallest absolute Gasteiger partial charge is 0.231 e. The number of ether oxygens (including phenoxy) is 2. The summed E-state index contributed by atoms with van der Waals surface area (Å²) in [6.07, 6.45) is 0.0943. The number of rotatable bonds is 6. The van der Waals surface area contributed by atoms with E-state index in [0.717, 1.165) is 0 Å². The first kappa shape index (κ1) is 19.7. The zero-order valence-electron chi connectivity index (χ0n) is 15.5. The molecule has 2 N–H and O–H groups in total. The number of carbonyl (C=O) groups is 2. The van der Waals surface area contributed by atoms with E-state index in [1.165, 1.54) is 18.4 Å². The molecule has 0 fully saturated rings. The minimum absolute atomic E-state index is 0.0943. The molecule has 2 aromatic rings. The normalized spacial score (nSPS) is 11.0. The van der Waals surface area contributed by atoms with Crippen molar-refractivity contribution in [1.82, 2.24) is 4.98 Å². The van der Waals surface area contributed by atoms with Crippen molar-refractivity contribution in [3.8, 4) is 11.5 Å². The summed E-state index contributed by atoms with van der Waals surface area (Å²) in [6.45, 7) is 5.48. The average Bonchev–Trinajstić information content (AvgIpc) is 3.01. The van der Waals surface area contributed by atoms with E-state index in [4.69, 9.17) is 9.47 Å². The Balaban J connectivity index is 2.00. The second kappa shape index (κ2) is 8.18. The first-order valence-electron chi connectivity index (χ1n) is 8.00. The van der Waals surface area contributed by atoms with E-state index in [0.29, 0.717) is 28.0 Å². The molecule has 0 aliphatic carbocycles. The third-order valence-electron chi connectivity index (χ3n) is 3.48. The van der Waals surface area contributed by atoms with Gasteiger partial charge in [-0.15, -0.1) is 11.3 Å². The number of carbonyl (C=O) groups excluding carboxylic acids is 2. The highest BCUT2D eigenvalue weighted by molar-refractivity contribution is 7.13. The summed E-state index contributed by atoms with van der Waals surface area (Å²) in [5.41, 5.74) is 0.632. The Kier molecular flexibility index (Phi) is 6.20. The third kappa shape index (κ3) is 5.19. The highest BCUT2D eigenvalue weighted by Crippen LogP contribution is 2.29. The van der Waals surface area contributed by atoms with Crippen LogP contribution in [0.3, 0.4) is 0 Å². The first-order chi connectivity index (χ1) is 12.2.